The zero-order valence-corrected chi connectivity index (χ0v) is 11.0. The lowest BCUT2D eigenvalue weighted by Crippen LogP contribution is -2.29. The predicted octanol–water partition coefficient (Wildman–Crippen LogP) is 1.46. The number of carboxylic acid groups (broad SMARTS) is 1. The summed E-state index contributed by atoms with van der Waals surface area (Å²) in [5, 5.41) is 23.7. The van der Waals surface area contributed by atoms with Gasteiger partial charge in [0.2, 0.25) is 0 Å². The van der Waals surface area contributed by atoms with E-state index in [1.54, 1.807) is 6.07 Å². The van der Waals surface area contributed by atoms with Gasteiger partial charge >= 0.3 is 5.97 Å². The maximum absolute atomic E-state index is 11.7. The number of nitro groups is 1. The molecule has 8 nitrogen and oxygen atoms in total. The maximum atomic E-state index is 11.7. The van der Waals surface area contributed by atoms with Gasteiger partial charge in [0.25, 0.3) is 11.2 Å². The summed E-state index contributed by atoms with van der Waals surface area (Å²) in [6, 6.07) is 7.17. The third-order valence-electron chi connectivity index (χ3n) is 2.90. The molecule has 2 aromatic rings. The molecule has 0 saturated carbocycles. The van der Waals surface area contributed by atoms with Crippen molar-refractivity contribution >= 4 is 11.7 Å². The molecule has 0 aliphatic heterocycles. The Kier molecular flexibility index (Phi) is 3.79. The van der Waals surface area contributed by atoms with Crippen LogP contribution in [0.25, 0.3) is 11.3 Å². The smallest absolute Gasteiger partial charge is 0.328 e. The molecule has 0 fully saturated rings. The lowest BCUT2D eigenvalue weighted by molar-refractivity contribution is -0.384. The summed E-state index contributed by atoms with van der Waals surface area (Å²) in [6.07, 6.45) is 0. The highest BCUT2D eigenvalue weighted by Gasteiger charge is 2.17. The van der Waals surface area contributed by atoms with Gasteiger partial charge in [-0.2, -0.15) is 5.10 Å². The van der Waals surface area contributed by atoms with Crippen LogP contribution in [0.3, 0.4) is 0 Å². The summed E-state index contributed by atoms with van der Waals surface area (Å²) in [7, 11) is 0. The van der Waals surface area contributed by atoms with Crippen molar-refractivity contribution < 1.29 is 14.8 Å². The Hall–Kier alpha value is -3.03. The minimum atomic E-state index is -1.19. The number of aromatic nitrogens is 2. The molecule has 1 N–H and O–H groups in total. The fourth-order valence-electron chi connectivity index (χ4n) is 1.74. The number of carbonyl (C=O) groups is 1. The molecule has 0 aliphatic rings. The summed E-state index contributed by atoms with van der Waals surface area (Å²) in [4.78, 5) is 32.8. The van der Waals surface area contributed by atoms with Crippen molar-refractivity contribution in [3.63, 3.8) is 0 Å². The number of hydrogen-bond acceptors (Lipinski definition) is 5. The third-order valence-corrected chi connectivity index (χ3v) is 2.90. The van der Waals surface area contributed by atoms with Crippen LogP contribution in [-0.2, 0) is 4.79 Å². The monoisotopic (exact) mass is 289 g/mol. The van der Waals surface area contributed by atoms with Crippen molar-refractivity contribution in [2.24, 2.45) is 0 Å². The van der Waals surface area contributed by atoms with Crippen LogP contribution in [0.4, 0.5) is 5.69 Å². The highest BCUT2D eigenvalue weighted by molar-refractivity contribution is 5.71. The Morgan fingerprint density at radius 1 is 1.38 bits per heavy atom. The molecule has 0 spiro atoms. The van der Waals surface area contributed by atoms with Crippen LogP contribution in [-0.4, -0.2) is 25.8 Å². The minimum absolute atomic E-state index is 0.113. The van der Waals surface area contributed by atoms with Gasteiger partial charge in [0.15, 0.2) is 6.04 Å². The molecule has 1 heterocycles. The number of carboxylic acids is 1. The second-order valence-corrected chi connectivity index (χ2v) is 4.32. The van der Waals surface area contributed by atoms with E-state index in [4.69, 9.17) is 5.11 Å². The van der Waals surface area contributed by atoms with Crippen LogP contribution < -0.4 is 5.56 Å². The molecule has 0 saturated heterocycles. The van der Waals surface area contributed by atoms with Crippen molar-refractivity contribution in [3.05, 3.63) is 56.9 Å². The fourth-order valence-corrected chi connectivity index (χ4v) is 1.74. The maximum Gasteiger partial charge on any atom is 0.328 e. The molecule has 0 radical (unpaired) electrons. The van der Waals surface area contributed by atoms with E-state index in [0.717, 1.165) is 4.68 Å². The number of nitrogens with zero attached hydrogens (tertiary/aromatic N) is 3. The topological polar surface area (TPSA) is 115 Å². The van der Waals surface area contributed by atoms with E-state index in [1.165, 1.54) is 37.3 Å². The van der Waals surface area contributed by atoms with Gasteiger partial charge in [0.05, 0.1) is 10.6 Å². The summed E-state index contributed by atoms with van der Waals surface area (Å²) < 4.78 is 0.830. The summed E-state index contributed by atoms with van der Waals surface area (Å²) in [5.41, 5.74) is 0.0411. The first kappa shape index (κ1) is 14.4. The summed E-state index contributed by atoms with van der Waals surface area (Å²) >= 11 is 0. The minimum Gasteiger partial charge on any atom is -0.480 e. The van der Waals surface area contributed by atoms with Gasteiger partial charge in [0.1, 0.15) is 0 Å². The molecule has 1 aromatic heterocycles. The van der Waals surface area contributed by atoms with Crippen molar-refractivity contribution in [1.29, 1.82) is 0 Å². The van der Waals surface area contributed by atoms with E-state index in [0.29, 0.717) is 5.56 Å². The molecule has 1 unspecified atom stereocenters. The Balaban J connectivity index is 2.53. The van der Waals surface area contributed by atoms with Crippen LogP contribution in [0.2, 0.25) is 0 Å². The number of aliphatic carboxylic acids is 1. The molecule has 8 heteroatoms. The molecular formula is C13H11N3O5. The van der Waals surface area contributed by atoms with Crippen LogP contribution >= 0.6 is 0 Å². The average Bonchev–Trinajstić information content (AvgIpc) is 2.47. The van der Waals surface area contributed by atoms with Crippen LogP contribution in [0.1, 0.15) is 13.0 Å². The molecule has 21 heavy (non-hydrogen) atoms. The molecule has 0 bridgehead atoms. The van der Waals surface area contributed by atoms with Gasteiger partial charge < -0.3 is 5.11 Å². The zero-order valence-electron chi connectivity index (χ0n) is 11.0. The van der Waals surface area contributed by atoms with Crippen molar-refractivity contribution in [1.82, 2.24) is 9.78 Å². The van der Waals surface area contributed by atoms with Gasteiger partial charge in [-0.05, 0) is 13.0 Å². The second kappa shape index (κ2) is 5.53. The molecule has 1 atom stereocenters. The largest absolute Gasteiger partial charge is 0.480 e. The van der Waals surface area contributed by atoms with E-state index < -0.39 is 22.5 Å². The highest BCUT2D eigenvalue weighted by atomic mass is 16.6. The van der Waals surface area contributed by atoms with Gasteiger partial charge in [0, 0.05) is 23.8 Å². The lowest BCUT2D eigenvalue weighted by atomic mass is 10.1. The van der Waals surface area contributed by atoms with E-state index in [2.05, 4.69) is 5.10 Å². The molecule has 2 rings (SSSR count). The first-order valence-corrected chi connectivity index (χ1v) is 5.97. The van der Waals surface area contributed by atoms with Crippen LogP contribution in [0, 0.1) is 10.1 Å². The molecule has 1 aromatic carbocycles. The van der Waals surface area contributed by atoms with Crippen molar-refractivity contribution in [2.75, 3.05) is 0 Å². The summed E-state index contributed by atoms with van der Waals surface area (Å²) in [6.45, 7) is 1.33. The van der Waals surface area contributed by atoms with Gasteiger partial charge in [-0.25, -0.2) is 9.48 Å². The standard InChI is InChI=1S/C13H11N3O5/c1-8(13(18)19)15-12(17)6-5-11(14-15)9-3-2-4-10(7-9)16(20)21/h2-8H,1H3,(H,18,19). The number of non-ortho nitro benzene ring substituents is 1. The number of hydrogen-bond donors (Lipinski definition) is 1. The molecular weight excluding hydrogens is 278 g/mol. The Morgan fingerprint density at radius 2 is 2.10 bits per heavy atom. The average molecular weight is 289 g/mol. The predicted molar refractivity (Wildman–Crippen MR) is 72.9 cm³/mol. The van der Waals surface area contributed by atoms with E-state index in [-0.39, 0.29) is 11.4 Å². The third kappa shape index (κ3) is 2.94. The number of nitro benzene ring substituents is 1. The SMILES string of the molecule is CC(C(=O)O)n1nc(-c2cccc([N+](=O)[O-])c2)ccc1=O. The molecule has 0 aliphatic carbocycles. The zero-order chi connectivity index (χ0) is 15.6. The first-order valence-electron chi connectivity index (χ1n) is 5.97. The van der Waals surface area contributed by atoms with Crippen molar-refractivity contribution in [2.45, 2.75) is 13.0 Å². The van der Waals surface area contributed by atoms with Crippen LogP contribution in [0.5, 0.6) is 0 Å². The highest BCUT2D eigenvalue weighted by Crippen LogP contribution is 2.21. The summed E-state index contributed by atoms with van der Waals surface area (Å²) in [5.74, 6) is -1.19. The normalized spacial score (nSPS) is 11.9. The van der Waals surface area contributed by atoms with Crippen LogP contribution in [0.15, 0.2) is 41.2 Å². The molecule has 108 valence electrons. The van der Waals surface area contributed by atoms with E-state index in [1.807, 2.05) is 0 Å². The number of rotatable bonds is 4. The van der Waals surface area contributed by atoms with Gasteiger partial charge in [-0.3, -0.25) is 14.9 Å². The fraction of sp³-hybridized carbons (Fsp3) is 0.154. The Labute approximate surface area is 118 Å². The number of benzene rings is 1. The Morgan fingerprint density at radius 3 is 2.71 bits per heavy atom. The van der Waals surface area contributed by atoms with Crippen molar-refractivity contribution in [3.8, 4) is 11.3 Å². The second-order valence-electron chi connectivity index (χ2n) is 4.32. The first-order chi connectivity index (χ1) is 9.90. The van der Waals surface area contributed by atoms with E-state index in [9.17, 15) is 19.7 Å². The lowest BCUT2D eigenvalue weighted by Gasteiger charge is -2.10. The van der Waals surface area contributed by atoms with Gasteiger partial charge in [-0.15, -0.1) is 0 Å². The van der Waals surface area contributed by atoms with Gasteiger partial charge in [-0.1, -0.05) is 12.1 Å². The quantitative estimate of drug-likeness (QED) is 0.673. The molecule has 0 amide bonds. The Bertz CT molecular complexity index is 768. The van der Waals surface area contributed by atoms with E-state index >= 15 is 0 Å².